The second kappa shape index (κ2) is 2.24. The number of cyclic esters (lactones) is 1. The summed E-state index contributed by atoms with van der Waals surface area (Å²) in [6.07, 6.45) is -0.236. The molecule has 2 rings (SSSR count). The number of aromatic hydroxyl groups is 1. The number of rotatable bonds is 0. The van der Waals surface area contributed by atoms with Gasteiger partial charge < -0.3 is 9.84 Å². The Balaban J connectivity index is 2.67. The van der Waals surface area contributed by atoms with Crippen LogP contribution in [0.4, 0.5) is 0 Å². The van der Waals surface area contributed by atoms with Crippen LogP contribution in [0.2, 0.25) is 0 Å². The molecule has 1 aliphatic rings. The third-order valence-corrected chi connectivity index (χ3v) is 2.00. The number of phenols is 1. The van der Waals surface area contributed by atoms with Crippen LogP contribution >= 0.6 is 0 Å². The maximum absolute atomic E-state index is 11.1. The molecule has 3 nitrogen and oxygen atoms in total. The lowest BCUT2D eigenvalue weighted by atomic mass is 10.1. The summed E-state index contributed by atoms with van der Waals surface area (Å²) in [5.74, 6) is -0.433. The van der Waals surface area contributed by atoms with Crippen LogP contribution in [0.3, 0.4) is 0 Å². The molecule has 0 aromatic heterocycles. The average Bonchev–Trinajstić information content (AvgIpc) is 2.29. The van der Waals surface area contributed by atoms with Gasteiger partial charge in [0.15, 0.2) is 0 Å². The van der Waals surface area contributed by atoms with Gasteiger partial charge in [0.05, 0.1) is 0 Å². The van der Waals surface area contributed by atoms with Crippen LogP contribution in [0.1, 0.15) is 28.9 Å². The zero-order chi connectivity index (χ0) is 8.72. The minimum atomic E-state index is -0.435. The Labute approximate surface area is 69.6 Å². The minimum Gasteiger partial charge on any atom is -0.507 e. The number of ether oxygens (including phenoxy) is 1. The molecule has 0 saturated carbocycles. The highest BCUT2D eigenvalue weighted by molar-refractivity contribution is 5.96. The monoisotopic (exact) mass is 164 g/mol. The Morgan fingerprint density at radius 2 is 2.25 bits per heavy atom. The number of benzene rings is 1. The molecule has 0 radical (unpaired) electrons. The fraction of sp³-hybridized carbons (Fsp3) is 0.222. The van der Waals surface area contributed by atoms with Crippen molar-refractivity contribution in [1.29, 1.82) is 0 Å². The second-order valence-corrected chi connectivity index (χ2v) is 2.79. The van der Waals surface area contributed by atoms with Crippen LogP contribution in [0.5, 0.6) is 5.75 Å². The largest absolute Gasteiger partial charge is 0.507 e. The third kappa shape index (κ3) is 0.794. The van der Waals surface area contributed by atoms with E-state index < -0.39 is 5.97 Å². The number of carbonyl (C=O) groups excluding carboxylic acids is 1. The van der Waals surface area contributed by atoms with Crippen LogP contribution < -0.4 is 0 Å². The average molecular weight is 164 g/mol. The van der Waals surface area contributed by atoms with E-state index in [9.17, 15) is 9.90 Å². The van der Waals surface area contributed by atoms with E-state index >= 15 is 0 Å². The molecule has 12 heavy (non-hydrogen) atoms. The van der Waals surface area contributed by atoms with E-state index in [4.69, 9.17) is 4.74 Å². The molecule has 1 atom stereocenters. The van der Waals surface area contributed by atoms with Crippen molar-refractivity contribution >= 4 is 5.97 Å². The molecule has 0 bridgehead atoms. The molecule has 1 heterocycles. The van der Waals surface area contributed by atoms with E-state index in [2.05, 4.69) is 0 Å². The first kappa shape index (κ1) is 7.16. The Morgan fingerprint density at radius 1 is 1.50 bits per heavy atom. The van der Waals surface area contributed by atoms with Crippen LogP contribution in [0.25, 0.3) is 0 Å². The van der Waals surface area contributed by atoms with Crippen molar-refractivity contribution in [3.63, 3.8) is 0 Å². The highest BCUT2D eigenvalue weighted by atomic mass is 16.5. The van der Waals surface area contributed by atoms with E-state index in [-0.39, 0.29) is 11.9 Å². The van der Waals surface area contributed by atoms with Crippen molar-refractivity contribution in [3.05, 3.63) is 29.3 Å². The maximum atomic E-state index is 11.1. The first-order valence-electron chi connectivity index (χ1n) is 3.73. The van der Waals surface area contributed by atoms with Gasteiger partial charge in [-0.2, -0.15) is 0 Å². The molecular weight excluding hydrogens is 156 g/mol. The molecule has 0 saturated heterocycles. The third-order valence-electron chi connectivity index (χ3n) is 2.00. The molecule has 3 heteroatoms. The lowest BCUT2D eigenvalue weighted by Gasteiger charge is -2.00. The number of fused-ring (bicyclic) bond motifs is 1. The Hall–Kier alpha value is -1.51. The predicted octanol–water partition coefficient (Wildman–Crippen LogP) is 1.62. The lowest BCUT2D eigenvalue weighted by Crippen LogP contribution is -1.94. The van der Waals surface area contributed by atoms with Gasteiger partial charge in [0, 0.05) is 5.56 Å². The van der Waals surface area contributed by atoms with E-state index in [1.54, 1.807) is 19.1 Å². The van der Waals surface area contributed by atoms with Gasteiger partial charge in [-0.25, -0.2) is 4.79 Å². The van der Waals surface area contributed by atoms with Gasteiger partial charge >= 0.3 is 5.97 Å². The van der Waals surface area contributed by atoms with E-state index in [0.29, 0.717) is 5.56 Å². The summed E-state index contributed by atoms with van der Waals surface area (Å²) in [4.78, 5) is 11.1. The van der Waals surface area contributed by atoms with E-state index in [1.165, 1.54) is 6.07 Å². The Morgan fingerprint density at radius 3 is 2.92 bits per heavy atom. The predicted molar refractivity (Wildman–Crippen MR) is 41.9 cm³/mol. The molecule has 0 spiro atoms. The molecule has 1 aromatic carbocycles. The SMILES string of the molecule is CC1OC(=O)c2c(O)cccc21. The first-order valence-corrected chi connectivity index (χ1v) is 3.73. The minimum absolute atomic E-state index is 0.00171. The molecule has 1 N–H and O–H groups in total. The summed E-state index contributed by atoms with van der Waals surface area (Å²) in [7, 11) is 0. The van der Waals surface area contributed by atoms with Crippen LogP contribution in [0, 0.1) is 0 Å². The number of esters is 1. The topological polar surface area (TPSA) is 46.5 Å². The number of phenolic OH excluding ortho intramolecular Hbond substituents is 1. The molecule has 1 aromatic rings. The summed E-state index contributed by atoms with van der Waals surface area (Å²) in [6.45, 7) is 1.78. The van der Waals surface area contributed by atoms with Crippen molar-refractivity contribution in [3.8, 4) is 5.75 Å². The molecule has 62 valence electrons. The van der Waals surface area contributed by atoms with Crippen LogP contribution in [-0.4, -0.2) is 11.1 Å². The summed E-state index contributed by atoms with van der Waals surface area (Å²) in [6, 6.07) is 4.97. The Kier molecular flexibility index (Phi) is 1.33. The summed E-state index contributed by atoms with van der Waals surface area (Å²) in [5.41, 5.74) is 1.07. The van der Waals surface area contributed by atoms with E-state index in [0.717, 1.165) is 5.56 Å². The van der Waals surface area contributed by atoms with Crippen molar-refractivity contribution in [1.82, 2.24) is 0 Å². The number of hydrogen-bond donors (Lipinski definition) is 1. The highest BCUT2D eigenvalue weighted by Gasteiger charge is 2.30. The second-order valence-electron chi connectivity index (χ2n) is 2.79. The zero-order valence-electron chi connectivity index (χ0n) is 6.57. The molecule has 1 unspecified atom stereocenters. The van der Waals surface area contributed by atoms with Gasteiger partial charge in [0.2, 0.25) is 0 Å². The fourth-order valence-electron chi connectivity index (χ4n) is 1.40. The van der Waals surface area contributed by atoms with Crippen molar-refractivity contribution < 1.29 is 14.6 Å². The highest BCUT2D eigenvalue weighted by Crippen LogP contribution is 2.34. The first-order chi connectivity index (χ1) is 5.70. The quantitative estimate of drug-likeness (QED) is 0.592. The van der Waals surface area contributed by atoms with Crippen molar-refractivity contribution in [2.45, 2.75) is 13.0 Å². The standard InChI is InChI=1S/C9H8O3/c1-5-6-3-2-4-7(10)8(6)9(11)12-5/h2-5,10H,1H3. The normalized spacial score (nSPS) is 20.4. The molecular formula is C9H8O3. The Bertz CT molecular complexity index is 344. The van der Waals surface area contributed by atoms with Gasteiger partial charge in [-0.1, -0.05) is 12.1 Å². The van der Waals surface area contributed by atoms with Crippen molar-refractivity contribution in [2.75, 3.05) is 0 Å². The van der Waals surface area contributed by atoms with Gasteiger partial charge in [-0.05, 0) is 13.0 Å². The number of hydrogen-bond acceptors (Lipinski definition) is 3. The summed E-state index contributed by atoms with van der Waals surface area (Å²) in [5, 5.41) is 9.32. The summed E-state index contributed by atoms with van der Waals surface area (Å²) < 4.78 is 4.91. The fourth-order valence-corrected chi connectivity index (χ4v) is 1.40. The zero-order valence-corrected chi connectivity index (χ0v) is 6.57. The lowest BCUT2D eigenvalue weighted by molar-refractivity contribution is 0.0420. The van der Waals surface area contributed by atoms with Gasteiger partial charge in [-0.15, -0.1) is 0 Å². The van der Waals surface area contributed by atoms with Gasteiger partial charge in [0.25, 0.3) is 0 Å². The van der Waals surface area contributed by atoms with Gasteiger partial charge in [-0.3, -0.25) is 0 Å². The van der Waals surface area contributed by atoms with E-state index in [1.807, 2.05) is 0 Å². The maximum Gasteiger partial charge on any atom is 0.342 e. The van der Waals surface area contributed by atoms with Crippen LogP contribution in [-0.2, 0) is 4.74 Å². The smallest absolute Gasteiger partial charge is 0.342 e. The summed E-state index contributed by atoms with van der Waals surface area (Å²) >= 11 is 0. The molecule has 1 aliphatic heterocycles. The van der Waals surface area contributed by atoms with Crippen molar-refractivity contribution in [2.24, 2.45) is 0 Å². The molecule has 0 fully saturated rings. The molecule has 0 aliphatic carbocycles. The number of carbonyl (C=O) groups is 1. The molecule has 0 amide bonds. The van der Waals surface area contributed by atoms with Gasteiger partial charge in [0.1, 0.15) is 17.4 Å². The van der Waals surface area contributed by atoms with Crippen LogP contribution in [0.15, 0.2) is 18.2 Å².